The van der Waals surface area contributed by atoms with Crippen molar-refractivity contribution in [2.24, 2.45) is 0 Å². The number of H-pyrrole nitrogens is 1. The minimum atomic E-state index is -0.275. The third-order valence-corrected chi connectivity index (χ3v) is 6.76. The lowest BCUT2D eigenvalue weighted by atomic mass is 10.1. The van der Waals surface area contributed by atoms with Crippen molar-refractivity contribution in [1.29, 1.82) is 0 Å². The van der Waals surface area contributed by atoms with E-state index in [4.69, 9.17) is 44.3 Å². The quantitative estimate of drug-likeness (QED) is 0.192. The lowest BCUT2D eigenvalue weighted by Crippen LogP contribution is -2.23. The van der Waals surface area contributed by atoms with Gasteiger partial charge < -0.3 is 19.8 Å². The summed E-state index contributed by atoms with van der Waals surface area (Å²) >= 11 is 18.6. The molecule has 9 heteroatoms. The number of rotatable bonds is 9. The second-order valence-corrected chi connectivity index (χ2v) is 9.70. The van der Waals surface area contributed by atoms with Crippen LogP contribution in [0.1, 0.15) is 27.3 Å². The number of hydrogen-bond acceptors (Lipinski definition) is 4. The first-order valence-corrected chi connectivity index (χ1v) is 12.9. The Bertz CT molecular complexity index is 1570. The van der Waals surface area contributed by atoms with Gasteiger partial charge in [-0.1, -0.05) is 71.2 Å². The molecule has 1 heterocycles. The number of amides is 1. The van der Waals surface area contributed by atoms with Gasteiger partial charge in [0.25, 0.3) is 5.91 Å². The molecule has 0 aliphatic carbocycles. The minimum Gasteiger partial charge on any atom is -0.485 e. The standard InChI is InChI=1S/C29H22Cl3N3O3/c30-21-11-9-20(23(32)14-21)16-37-27-13-18(29(36)33-15-19-5-1-2-6-22(19)31)10-12-26(27)38-17-28-34-24-7-3-4-8-25(24)35-28/h1-14H,15-17H2,(H,33,36)(H,34,35). The Kier molecular flexibility index (Phi) is 8.03. The maximum atomic E-state index is 12.9. The van der Waals surface area contributed by atoms with Crippen molar-refractivity contribution in [2.75, 3.05) is 0 Å². The van der Waals surface area contributed by atoms with Gasteiger partial charge in [0.05, 0.1) is 11.0 Å². The number of nitrogens with one attached hydrogen (secondary N) is 2. The second-order valence-electron chi connectivity index (χ2n) is 8.45. The summed E-state index contributed by atoms with van der Waals surface area (Å²) in [6.07, 6.45) is 0. The first-order chi connectivity index (χ1) is 18.5. The van der Waals surface area contributed by atoms with Crippen molar-refractivity contribution in [3.8, 4) is 11.5 Å². The monoisotopic (exact) mass is 565 g/mol. The number of carbonyl (C=O) groups is 1. The lowest BCUT2D eigenvalue weighted by molar-refractivity contribution is 0.0950. The molecule has 4 aromatic carbocycles. The van der Waals surface area contributed by atoms with Crippen molar-refractivity contribution in [2.45, 2.75) is 19.8 Å². The average Bonchev–Trinajstić information content (AvgIpc) is 3.34. The molecule has 0 atom stereocenters. The van der Waals surface area contributed by atoms with E-state index < -0.39 is 0 Å². The zero-order chi connectivity index (χ0) is 26.5. The van der Waals surface area contributed by atoms with Crippen LogP contribution in [0, 0.1) is 0 Å². The normalized spacial score (nSPS) is 10.9. The maximum Gasteiger partial charge on any atom is 0.251 e. The number of benzene rings is 4. The number of nitrogens with zero attached hydrogens (tertiary/aromatic N) is 1. The Hall–Kier alpha value is -3.71. The number of fused-ring (bicyclic) bond motifs is 1. The van der Waals surface area contributed by atoms with Crippen LogP contribution < -0.4 is 14.8 Å². The molecule has 1 aromatic heterocycles. The van der Waals surface area contributed by atoms with E-state index in [0.29, 0.717) is 44.5 Å². The summed E-state index contributed by atoms with van der Waals surface area (Å²) in [4.78, 5) is 20.7. The summed E-state index contributed by atoms with van der Waals surface area (Å²) in [7, 11) is 0. The molecule has 0 spiro atoms. The van der Waals surface area contributed by atoms with E-state index in [1.54, 1.807) is 42.5 Å². The van der Waals surface area contributed by atoms with Crippen LogP contribution in [-0.4, -0.2) is 15.9 Å². The summed E-state index contributed by atoms with van der Waals surface area (Å²) in [5.74, 6) is 1.23. The van der Waals surface area contributed by atoms with E-state index in [1.807, 2.05) is 42.5 Å². The second kappa shape index (κ2) is 11.8. The van der Waals surface area contributed by atoms with Gasteiger partial charge >= 0.3 is 0 Å². The molecule has 1 amide bonds. The topological polar surface area (TPSA) is 76.2 Å². The minimum absolute atomic E-state index is 0.154. The van der Waals surface area contributed by atoms with E-state index in [1.165, 1.54) is 0 Å². The summed E-state index contributed by atoms with van der Waals surface area (Å²) in [6, 6.07) is 25.3. The molecule has 0 radical (unpaired) electrons. The number of halogens is 3. The number of imidazole rings is 1. The molecular formula is C29H22Cl3N3O3. The molecule has 0 aliphatic rings. The zero-order valence-electron chi connectivity index (χ0n) is 20.0. The summed E-state index contributed by atoms with van der Waals surface area (Å²) < 4.78 is 12.1. The van der Waals surface area contributed by atoms with Crippen LogP contribution in [-0.2, 0) is 19.8 Å². The molecule has 0 bridgehead atoms. The highest BCUT2D eigenvalue weighted by atomic mass is 35.5. The first-order valence-electron chi connectivity index (χ1n) is 11.7. The Balaban J connectivity index is 1.35. The van der Waals surface area contributed by atoms with Gasteiger partial charge in [-0.15, -0.1) is 0 Å². The highest BCUT2D eigenvalue weighted by molar-refractivity contribution is 6.35. The SMILES string of the molecule is O=C(NCc1ccccc1Cl)c1ccc(OCc2nc3ccccc3[nH]2)c(OCc2ccc(Cl)cc2Cl)c1. The van der Waals surface area contributed by atoms with Gasteiger partial charge in [-0.05, 0) is 54.1 Å². The Morgan fingerprint density at radius 3 is 2.39 bits per heavy atom. The Morgan fingerprint density at radius 2 is 1.58 bits per heavy atom. The predicted molar refractivity (Wildman–Crippen MR) is 150 cm³/mol. The largest absolute Gasteiger partial charge is 0.485 e. The van der Waals surface area contributed by atoms with Crippen LogP contribution in [0.4, 0.5) is 0 Å². The third-order valence-electron chi connectivity index (χ3n) is 5.80. The fourth-order valence-electron chi connectivity index (χ4n) is 3.82. The number of hydrogen-bond donors (Lipinski definition) is 2. The predicted octanol–water partition coefficient (Wildman–Crippen LogP) is 7.61. The molecule has 0 unspecified atom stereocenters. The molecular weight excluding hydrogens is 545 g/mol. The fourth-order valence-corrected chi connectivity index (χ4v) is 4.48. The highest BCUT2D eigenvalue weighted by Crippen LogP contribution is 2.31. The van der Waals surface area contributed by atoms with Crippen LogP contribution in [0.15, 0.2) is 84.9 Å². The van der Waals surface area contributed by atoms with Crippen molar-refractivity contribution in [3.63, 3.8) is 0 Å². The van der Waals surface area contributed by atoms with Gasteiger partial charge in [0.2, 0.25) is 0 Å². The van der Waals surface area contributed by atoms with Gasteiger partial charge in [0.15, 0.2) is 11.5 Å². The van der Waals surface area contributed by atoms with Crippen molar-refractivity contribution in [1.82, 2.24) is 15.3 Å². The maximum absolute atomic E-state index is 12.9. The van der Waals surface area contributed by atoms with E-state index in [2.05, 4.69) is 15.3 Å². The van der Waals surface area contributed by atoms with E-state index in [-0.39, 0.29) is 19.1 Å². The number of carbonyl (C=O) groups excluding carboxylic acids is 1. The summed E-state index contributed by atoms with van der Waals surface area (Å²) in [5, 5.41) is 4.50. The van der Waals surface area contributed by atoms with Crippen molar-refractivity contribution in [3.05, 3.63) is 123 Å². The first kappa shape index (κ1) is 25.9. The molecule has 0 saturated carbocycles. The van der Waals surface area contributed by atoms with Crippen LogP contribution in [0.2, 0.25) is 15.1 Å². The molecule has 5 rings (SSSR count). The average molecular weight is 567 g/mol. The Morgan fingerprint density at radius 1 is 0.789 bits per heavy atom. The molecule has 6 nitrogen and oxygen atoms in total. The van der Waals surface area contributed by atoms with E-state index in [9.17, 15) is 4.79 Å². The molecule has 5 aromatic rings. The van der Waals surface area contributed by atoms with Crippen LogP contribution in [0.5, 0.6) is 11.5 Å². The van der Waals surface area contributed by atoms with Gasteiger partial charge in [0.1, 0.15) is 19.0 Å². The van der Waals surface area contributed by atoms with Gasteiger partial charge in [-0.2, -0.15) is 0 Å². The molecule has 0 saturated heterocycles. The zero-order valence-corrected chi connectivity index (χ0v) is 22.3. The summed E-state index contributed by atoms with van der Waals surface area (Å²) in [5.41, 5.74) is 3.75. The molecule has 38 heavy (non-hydrogen) atoms. The summed E-state index contributed by atoms with van der Waals surface area (Å²) in [6.45, 7) is 0.631. The lowest BCUT2D eigenvalue weighted by Gasteiger charge is -2.15. The number of aromatic amines is 1. The number of aromatic nitrogens is 2. The molecule has 192 valence electrons. The molecule has 0 fully saturated rings. The van der Waals surface area contributed by atoms with E-state index >= 15 is 0 Å². The van der Waals surface area contributed by atoms with E-state index in [0.717, 1.165) is 22.2 Å². The highest BCUT2D eigenvalue weighted by Gasteiger charge is 2.14. The van der Waals surface area contributed by atoms with Crippen LogP contribution in [0.3, 0.4) is 0 Å². The van der Waals surface area contributed by atoms with Crippen LogP contribution >= 0.6 is 34.8 Å². The number of ether oxygens (including phenoxy) is 2. The molecule has 2 N–H and O–H groups in total. The van der Waals surface area contributed by atoms with Gasteiger partial charge in [-0.25, -0.2) is 4.98 Å². The van der Waals surface area contributed by atoms with Crippen molar-refractivity contribution >= 4 is 51.7 Å². The van der Waals surface area contributed by atoms with Crippen LogP contribution in [0.25, 0.3) is 11.0 Å². The van der Waals surface area contributed by atoms with Gasteiger partial charge in [-0.3, -0.25) is 4.79 Å². The van der Waals surface area contributed by atoms with Crippen molar-refractivity contribution < 1.29 is 14.3 Å². The van der Waals surface area contributed by atoms with Gasteiger partial charge in [0, 0.05) is 32.7 Å². The molecule has 0 aliphatic heterocycles. The smallest absolute Gasteiger partial charge is 0.251 e. The Labute approximate surface area is 234 Å². The fraction of sp³-hybridized carbons (Fsp3) is 0.103. The third kappa shape index (κ3) is 6.22. The number of para-hydroxylation sites is 2.